The summed E-state index contributed by atoms with van der Waals surface area (Å²) in [4.78, 5) is 13.1. The number of primary amides is 1. The lowest BCUT2D eigenvalue weighted by atomic mass is 10.1. The van der Waals surface area contributed by atoms with Gasteiger partial charge in [0.25, 0.3) is 0 Å². The molecule has 1 aliphatic rings. The van der Waals surface area contributed by atoms with Gasteiger partial charge in [-0.1, -0.05) is 6.07 Å². The number of rotatable bonds is 2. The Labute approximate surface area is 94.3 Å². The van der Waals surface area contributed by atoms with Crippen molar-refractivity contribution in [3.63, 3.8) is 0 Å². The third kappa shape index (κ3) is 1.98. The summed E-state index contributed by atoms with van der Waals surface area (Å²) in [5.74, 6) is -0.301. The molecule has 0 radical (unpaired) electrons. The van der Waals surface area contributed by atoms with Crippen LogP contribution in [0.2, 0.25) is 0 Å². The zero-order chi connectivity index (χ0) is 11.5. The van der Waals surface area contributed by atoms with E-state index >= 15 is 0 Å². The molecule has 1 fully saturated rings. The van der Waals surface area contributed by atoms with Crippen LogP contribution in [0.1, 0.15) is 12.0 Å². The molecule has 1 saturated heterocycles. The quantitative estimate of drug-likeness (QED) is 0.795. The topological polar surface area (TPSA) is 70.1 Å². The van der Waals surface area contributed by atoms with Gasteiger partial charge < -0.3 is 10.6 Å². The molecule has 2 rings (SSSR count). The van der Waals surface area contributed by atoms with E-state index in [0.29, 0.717) is 12.1 Å². The highest BCUT2D eigenvalue weighted by Crippen LogP contribution is 2.24. The molecule has 0 saturated carbocycles. The summed E-state index contributed by atoms with van der Waals surface area (Å²) >= 11 is 0. The first-order chi connectivity index (χ1) is 7.70. The van der Waals surface area contributed by atoms with Crippen LogP contribution in [-0.2, 0) is 4.79 Å². The van der Waals surface area contributed by atoms with Gasteiger partial charge in [0.05, 0.1) is 17.6 Å². The second-order valence-corrected chi connectivity index (χ2v) is 4.00. The van der Waals surface area contributed by atoms with Crippen LogP contribution in [-0.4, -0.2) is 19.0 Å². The van der Waals surface area contributed by atoms with Gasteiger partial charge in [-0.2, -0.15) is 5.26 Å². The maximum Gasteiger partial charge on any atom is 0.222 e. The molecule has 1 aromatic rings. The third-order valence-corrected chi connectivity index (χ3v) is 2.93. The van der Waals surface area contributed by atoms with Crippen LogP contribution < -0.4 is 10.6 Å². The van der Waals surface area contributed by atoms with Crippen LogP contribution in [0.15, 0.2) is 24.3 Å². The van der Waals surface area contributed by atoms with Crippen molar-refractivity contribution in [2.75, 3.05) is 18.0 Å². The summed E-state index contributed by atoms with van der Waals surface area (Å²) in [6.45, 7) is 1.48. The first kappa shape index (κ1) is 10.5. The average Bonchev–Trinajstić information content (AvgIpc) is 2.78. The summed E-state index contributed by atoms with van der Waals surface area (Å²) in [6.07, 6.45) is 0.798. The Kier molecular flexibility index (Phi) is 2.78. The smallest absolute Gasteiger partial charge is 0.222 e. The van der Waals surface area contributed by atoms with Crippen molar-refractivity contribution in [2.24, 2.45) is 11.7 Å². The Morgan fingerprint density at radius 2 is 2.38 bits per heavy atom. The van der Waals surface area contributed by atoms with Crippen molar-refractivity contribution in [3.8, 4) is 6.07 Å². The van der Waals surface area contributed by atoms with Gasteiger partial charge in [-0.05, 0) is 24.6 Å². The van der Waals surface area contributed by atoms with Crippen LogP contribution in [0.4, 0.5) is 5.69 Å². The largest absolute Gasteiger partial charge is 0.371 e. The highest BCUT2D eigenvalue weighted by Gasteiger charge is 2.26. The van der Waals surface area contributed by atoms with Crippen molar-refractivity contribution in [1.82, 2.24) is 0 Å². The van der Waals surface area contributed by atoms with Gasteiger partial charge in [-0.15, -0.1) is 0 Å². The number of nitrogens with zero attached hydrogens (tertiary/aromatic N) is 2. The Morgan fingerprint density at radius 1 is 1.56 bits per heavy atom. The van der Waals surface area contributed by atoms with Gasteiger partial charge in [0.15, 0.2) is 0 Å². The van der Waals surface area contributed by atoms with Crippen molar-refractivity contribution in [1.29, 1.82) is 5.26 Å². The molecule has 0 spiro atoms. The minimum atomic E-state index is -0.237. The van der Waals surface area contributed by atoms with Crippen molar-refractivity contribution in [3.05, 3.63) is 29.8 Å². The summed E-state index contributed by atoms with van der Waals surface area (Å²) < 4.78 is 0. The minimum absolute atomic E-state index is 0.0641. The van der Waals surface area contributed by atoms with Gasteiger partial charge in [0.2, 0.25) is 5.91 Å². The van der Waals surface area contributed by atoms with Crippen molar-refractivity contribution < 1.29 is 4.79 Å². The monoisotopic (exact) mass is 215 g/mol. The summed E-state index contributed by atoms with van der Waals surface area (Å²) in [7, 11) is 0. The Hall–Kier alpha value is -2.02. The van der Waals surface area contributed by atoms with E-state index in [1.54, 1.807) is 6.07 Å². The maximum atomic E-state index is 11.0. The Balaban J connectivity index is 2.14. The standard InChI is InChI=1S/C12H13N3O/c13-7-9-2-1-3-11(6-9)15-5-4-10(8-15)12(14)16/h1-3,6,10H,4-5,8H2,(H2,14,16). The lowest BCUT2D eigenvalue weighted by Gasteiger charge is -2.18. The van der Waals surface area contributed by atoms with Crippen LogP contribution in [0.3, 0.4) is 0 Å². The van der Waals surface area contributed by atoms with Crippen molar-refractivity contribution >= 4 is 11.6 Å². The number of nitrogens with two attached hydrogens (primary N) is 1. The number of carbonyl (C=O) groups is 1. The molecule has 1 aliphatic heterocycles. The summed E-state index contributed by atoms with van der Waals surface area (Å²) in [5.41, 5.74) is 6.90. The second kappa shape index (κ2) is 4.23. The fourth-order valence-electron chi connectivity index (χ4n) is 2.00. The van der Waals surface area contributed by atoms with Crippen molar-refractivity contribution in [2.45, 2.75) is 6.42 Å². The molecule has 4 nitrogen and oxygen atoms in total. The molecule has 2 N–H and O–H groups in total. The zero-order valence-corrected chi connectivity index (χ0v) is 8.89. The molecule has 1 aromatic carbocycles. The van der Waals surface area contributed by atoms with Gasteiger partial charge in [0, 0.05) is 18.8 Å². The molecular formula is C12H13N3O. The lowest BCUT2D eigenvalue weighted by molar-refractivity contribution is -0.121. The first-order valence-electron chi connectivity index (χ1n) is 5.25. The number of carbonyl (C=O) groups excluding carboxylic acids is 1. The fourth-order valence-corrected chi connectivity index (χ4v) is 2.00. The van der Waals surface area contributed by atoms with E-state index in [-0.39, 0.29) is 11.8 Å². The van der Waals surface area contributed by atoms with E-state index in [4.69, 9.17) is 11.0 Å². The molecule has 0 aromatic heterocycles. The fraction of sp³-hybridized carbons (Fsp3) is 0.333. The average molecular weight is 215 g/mol. The number of hydrogen-bond acceptors (Lipinski definition) is 3. The number of benzene rings is 1. The van der Waals surface area contributed by atoms with Gasteiger partial charge in [-0.25, -0.2) is 0 Å². The maximum absolute atomic E-state index is 11.0. The SMILES string of the molecule is N#Cc1cccc(N2CCC(C(N)=O)C2)c1. The number of hydrogen-bond donors (Lipinski definition) is 1. The predicted octanol–water partition coefficient (Wildman–Crippen LogP) is 0.870. The van der Waals surface area contributed by atoms with Gasteiger partial charge >= 0.3 is 0 Å². The molecule has 1 amide bonds. The van der Waals surface area contributed by atoms with Crippen LogP contribution in [0.25, 0.3) is 0 Å². The van der Waals surface area contributed by atoms with E-state index < -0.39 is 0 Å². The van der Waals surface area contributed by atoms with E-state index in [2.05, 4.69) is 11.0 Å². The molecule has 0 bridgehead atoms. The number of amides is 1. The van der Waals surface area contributed by atoms with Crippen LogP contribution in [0.5, 0.6) is 0 Å². The minimum Gasteiger partial charge on any atom is -0.371 e. The lowest BCUT2D eigenvalue weighted by Crippen LogP contribution is -2.27. The van der Waals surface area contributed by atoms with Crippen LogP contribution >= 0.6 is 0 Å². The van der Waals surface area contributed by atoms with Gasteiger partial charge in [-0.3, -0.25) is 4.79 Å². The number of anilines is 1. The molecule has 4 heteroatoms. The first-order valence-corrected chi connectivity index (χ1v) is 5.25. The highest BCUT2D eigenvalue weighted by atomic mass is 16.1. The Morgan fingerprint density at radius 3 is 3.00 bits per heavy atom. The number of nitriles is 1. The van der Waals surface area contributed by atoms with E-state index in [0.717, 1.165) is 18.7 Å². The molecule has 1 atom stereocenters. The van der Waals surface area contributed by atoms with E-state index in [9.17, 15) is 4.79 Å². The molecule has 0 aliphatic carbocycles. The molecule has 82 valence electrons. The molecule has 16 heavy (non-hydrogen) atoms. The Bertz CT molecular complexity index is 450. The second-order valence-electron chi connectivity index (χ2n) is 4.00. The van der Waals surface area contributed by atoms with E-state index in [1.807, 2.05) is 18.2 Å². The van der Waals surface area contributed by atoms with Crippen LogP contribution in [0, 0.1) is 17.2 Å². The molecular weight excluding hydrogens is 202 g/mol. The summed E-state index contributed by atoms with van der Waals surface area (Å²) in [5, 5.41) is 8.80. The van der Waals surface area contributed by atoms with E-state index in [1.165, 1.54) is 0 Å². The predicted molar refractivity (Wildman–Crippen MR) is 60.7 cm³/mol. The zero-order valence-electron chi connectivity index (χ0n) is 8.89. The molecule has 1 unspecified atom stereocenters. The summed E-state index contributed by atoms with van der Waals surface area (Å²) in [6, 6.07) is 9.51. The highest BCUT2D eigenvalue weighted by molar-refractivity contribution is 5.78. The third-order valence-electron chi connectivity index (χ3n) is 2.93. The van der Waals surface area contributed by atoms with Gasteiger partial charge in [0.1, 0.15) is 0 Å². The molecule has 1 heterocycles. The normalized spacial score (nSPS) is 19.4.